The minimum absolute atomic E-state index is 2.60. The molecular weight excluding hydrogens is 248 g/mol. The molecule has 0 radical (unpaired) electrons. The van der Waals surface area contributed by atoms with E-state index in [9.17, 15) is 35.5 Å². The molecule has 0 aromatic rings. The summed E-state index contributed by atoms with van der Waals surface area (Å²) in [7, 11) is 0. The van der Waals surface area contributed by atoms with E-state index < -0.39 is 24.0 Å². The van der Waals surface area contributed by atoms with E-state index in [2.05, 4.69) is 16.2 Å². The normalized spacial score (nSPS) is 14.0. The first-order chi connectivity index (χ1) is 5.98. The summed E-state index contributed by atoms with van der Waals surface area (Å²) in [6.45, 7) is 0. The molecule has 0 aromatic heterocycles. The van der Waals surface area contributed by atoms with Crippen LogP contribution in [0.2, 0.25) is 0 Å². The van der Waals surface area contributed by atoms with Crippen LogP contribution in [-0.4, -0.2) is 24.0 Å². The van der Waals surface area contributed by atoms with Gasteiger partial charge in [0.05, 0.1) is 0 Å². The molecule has 0 heterocycles. The van der Waals surface area contributed by atoms with E-state index in [0.29, 0.717) is 0 Å². The predicted molar refractivity (Wildman–Crippen MR) is 27.9 cm³/mol. The second kappa shape index (κ2) is 3.44. The molecule has 0 aliphatic carbocycles. The van der Waals surface area contributed by atoms with E-state index in [-0.39, 0.29) is 0 Å². The van der Waals surface area contributed by atoms with E-state index in [1.54, 1.807) is 0 Å². The summed E-state index contributed by atoms with van der Waals surface area (Å²) in [6, 6.07) is 0. The highest BCUT2D eigenvalue weighted by atomic mass is 35.5. The Balaban J connectivity index is 5.18. The fourth-order valence-corrected chi connectivity index (χ4v) is 0.452. The van der Waals surface area contributed by atoms with E-state index in [1.807, 2.05) is 0 Å². The van der Waals surface area contributed by atoms with E-state index in [4.69, 9.17) is 0 Å². The molecular formula is C4ClF7O2. The molecule has 84 valence electrons. The molecule has 0 atom stereocenters. The summed E-state index contributed by atoms with van der Waals surface area (Å²) in [5.74, 6) is -15.8. The SMILES string of the molecule is O=C(OCl)C(F)(F)C(F)(F)C(F)(F)F. The van der Waals surface area contributed by atoms with Crippen molar-refractivity contribution in [3.8, 4) is 0 Å². The van der Waals surface area contributed by atoms with Gasteiger partial charge in [0.2, 0.25) is 0 Å². The molecule has 0 amide bonds. The Morgan fingerprint density at radius 3 is 1.57 bits per heavy atom. The zero-order valence-corrected chi connectivity index (χ0v) is 6.60. The van der Waals surface area contributed by atoms with Gasteiger partial charge in [-0.05, 0) is 0 Å². The Bertz CT molecular complexity index is 234. The van der Waals surface area contributed by atoms with Gasteiger partial charge in [-0.2, -0.15) is 30.7 Å². The first kappa shape index (κ1) is 13.3. The summed E-state index contributed by atoms with van der Waals surface area (Å²) in [4.78, 5) is 9.84. The fourth-order valence-electron chi connectivity index (χ4n) is 0.355. The van der Waals surface area contributed by atoms with Gasteiger partial charge < -0.3 is 4.29 Å². The maximum atomic E-state index is 12.1. The van der Waals surface area contributed by atoms with Crippen molar-refractivity contribution in [2.45, 2.75) is 18.0 Å². The quantitative estimate of drug-likeness (QED) is 0.702. The number of halogens is 8. The minimum Gasteiger partial charge on any atom is -0.342 e. The highest BCUT2D eigenvalue weighted by molar-refractivity contribution is 6.14. The van der Waals surface area contributed by atoms with Crippen LogP contribution in [0.3, 0.4) is 0 Å². The van der Waals surface area contributed by atoms with Crippen molar-refractivity contribution < 1.29 is 39.8 Å². The van der Waals surface area contributed by atoms with Gasteiger partial charge in [-0.15, -0.1) is 0 Å². The Kier molecular flexibility index (Phi) is 3.27. The Morgan fingerprint density at radius 1 is 1.00 bits per heavy atom. The molecule has 0 aliphatic rings. The Hall–Kier alpha value is -0.730. The number of rotatable bonds is 2. The molecule has 0 rings (SSSR count). The standard InChI is InChI=1S/C4ClF7O2/c5-14-1(13)2(6,7)3(8,9)4(10,11)12. The van der Waals surface area contributed by atoms with Crippen LogP contribution < -0.4 is 0 Å². The lowest BCUT2D eigenvalue weighted by Crippen LogP contribution is -2.56. The number of alkyl halides is 7. The van der Waals surface area contributed by atoms with Crippen LogP contribution in [-0.2, 0) is 9.08 Å². The molecule has 0 saturated heterocycles. The van der Waals surface area contributed by atoms with E-state index in [1.165, 1.54) is 0 Å². The molecule has 0 bridgehead atoms. The van der Waals surface area contributed by atoms with Gasteiger partial charge in [0, 0.05) is 0 Å². The lowest BCUT2D eigenvalue weighted by atomic mass is 10.1. The zero-order chi connectivity index (χ0) is 11.8. The summed E-state index contributed by atoms with van der Waals surface area (Å²) >= 11 is 3.96. The van der Waals surface area contributed by atoms with Gasteiger partial charge >= 0.3 is 24.0 Å². The van der Waals surface area contributed by atoms with Crippen LogP contribution >= 0.6 is 11.9 Å². The van der Waals surface area contributed by atoms with Crippen LogP contribution in [0.15, 0.2) is 0 Å². The van der Waals surface area contributed by atoms with Gasteiger partial charge in [-0.25, -0.2) is 4.79 Å². The molecule has 0 spiro atoms. The van der Waals surface area contributed by atoms with E-state index in [0.717, 1.165) is 0 Å². The average Bonchev–Trinajstić information content (AvgIpc) is 2.00. The molecule has 0 N–H and O–H groups in total. The second-order valence-corrected chi connectivity index (χ2v) is 2.17. The van der Waals surface area contributed by atoms with Gasteiger partial charge in [-0.3, -0.25) is 0 Å². The highest BCUT2D eigenvalue weighted by Gasteiger charge is 2.77. The summed E-state index contributed by atoms with van der Waals surface area (Å²) in [6.07, 6.45) is -6.58. The molecule has 0 saturated carbocycles. The van der Waals surface area contributed by atoms with Gasteiger partial charge in [0.15, 0.2) is 0 Å². The predicted octanol–water partition coefficient (Wildman–Crippen LogP) is 2.52. The highest BCUT2D eigenvalue weighted by Crippen LogP contribution is 2.46. The average molecular weight is 248 g/mol. The largest absolute Gasteiger partial charge is 0.460 e. The topological polar surface area (TPSA) is 26.3 Å². The number of hydrogen-bond acceptors (Lipinski definition) is 2. The molecule has 10 heteroatoms. The van der Waals surface area contributed by atoms with Crippen molar-refractivity contribution in [3.05, 3.63) is 0 Å². The third kappa shape index (κ3) is 1.86. The van der Waals surface area contributed by atoms with Crippen LogP contribution in [0.4, 0.5) is 30.7 Å². The van der Waals surface area contributed by atoms with Crippen molar-refractivity contribution in [2.24, 2.45) is 0 Å². The maximum Gasteiger partial charge on any atom is 0.460 e. The minimum atomic E-state index is -6.58. The molecule has 14 heavy (non-hydrogen) atoms. The third-order valence-corrected chi connectivity index (χ3v) is 1.22. The molecule has 0 fully saturated rings. The van der Waals surface area contributed by atoms with Crippen molar-refractivity contribution in [3.63, 3.8) is 0 Å². The fraction of sp³-hybridized carbons (Fsp3) is 0.750. The molecule has 0 aromatic carbocycles. The van der Waals surface area contributed by atoms with E-state index >= 15 is 0 Å². The molecule has 2 nitrogen and oxygen atoms in total. The smallest absolute Gasteiger partial charge is 0.342 e. The van der Waals surface area contributed by atoms with Crippen molar-refractivity contribution in [2.75, 3.05) is 0 Å². The lowest BCUT2D eigenvalue weighted by Gasteiger charge is -2.25. The summed E-state index contributed by atoms with van der Waals surface area (Å²) in [5, 5.41) is 0. The first-order valence-corrected chi connectivity index (χ1v) is 2.94. The van der Waals surface area contributed by atoms with Crippen LogP contribution in [0, 0.1) is 0 Å². The van der Waals surface area contributed by atoms with Gasteiger partial charge in [0.25, 0.3) is 0 Å². The van der Waals surface area contributed by atoms with Gasteiger partial charge in [0.1, 0.15) is 11.9 Å². The Morgan fingerprint density at radius 2 is 1.36 bits per heavy atom. The van der Waals surface area contributed by atoms with Crippen LogP contribution in [0.1, 0.15) is 0 Å². The number of hydrogen-bond donors (Lipinski definition) is 0. The number of carbonyl (C=O) groups excluding carboxylic acids is 1. The number of carbonyl (C=O) groups is 1. The second-order valence-electron chi connectivity index (χ2n) is 2.01. The molecule has 0 aliphatic heterocycles. The van der Waals surface area contributed by atoms with Crippen molar-refractivity contribution in [1.29, 1.82) is 0 Å². The van der Waals surface area contributed by atoms with Crippen molar-refractivity contribution >= 4 is 17.8 Å². The zero-order valence-electron chi connectivity index (χ0n) is 5.84. The summed E-state index contributed by atoms with van der Waals surface area (Å²) in [5.41, 5.74) is 0. The molecule has 0 unspecified atom stereocenters. The van der Waals surface area contributed by atoms with Crippen LogP contribution in [0.25, 0.3) is 0 Å². The van der Waals surface area contributed by atoms with Gasteiger partial charge in [-0.1, -0.05) is 0 Å². The third-order valence-electron chi connectivity index (χ3n) is 1.08. The monoisotopic (exact) mass is 248 g/mol. The van der Waals surface area contributed by atoms with Crippen LogP contribution in [0.5, 0.6) is 0 Å². The Labute approximate surface area is 76.7 Å². The lowest BCUT2D eigenvalue weighted by molar-refractivity contribution is -0.346. The maximum absolute atomic E-state index is 12.1. The van der Waals surface area contributed by atoms with Crippen molar-refractivity contribution in [1.82, 2.24) is 0 Å². The summed E-state index contributed by atoms with van der Waals surface area (Å²) < 4.78 is 84.6. The first-order valence-electron chi connectivity index (χ1n) is 2.64.